The number of esters is 1. The fourth-order valence-corrected chi connectivity index (χ4v) is 7.72. The van der Waals surface area contributed by atoms with Crippen LogP contribution in [-0.2, 0) is 35.3 Å². The second-order valence-corrected chi connectivity index (χ2v) is 14.6. The lowest BCUT2D eigenvalue weighted by molar-refractivity contribution is -0.156. The van der Waals surface area contributed by atoms with Gasteiger partial charge in [-0.1, -0.05) is 63.2 Å². The normalized spacial score (nSPS) is 20.0. The Morgan fingerprint density at radius 1 is 1.00 bits per heavy atom. The Morgan fingerprint density at radius 3 is 2.33 bits per heavy atom. The first-order valence-corrected chi connectivity index (χ1v) is 17.4. The summed E-state index contributed by atoms with van der Waals surface area (Å²) < 4.78 is 10.7. The number of β-lactam (4-membered cyclic amide) rings is 1. The van der Waals surface area contributed by atoms with Crippen molar-refractivity contribution < 1.29 is 38.2 Å². The quantitative estimate of drug-likeness (QED) is 0.159. The summed E-state index contributed by atoms with van der Waals surface area (Å²) in [5.41, 5.74) is 1.59. The van der Waals surface area contributed by atoms with Gasteiger partial charge in [-0.2, -0.15) is 0 Å². The van der Waals surface area contributed by atoms with Crippen LogP contribution in [0.5, 0.6) is 5.75 Å². The maximum absolute atomic E-state index is 13.9. The van der Waals surface area contributed by atoms with E-state index in [9.17, 15) is 28.8 Å². The molecule has 1 unspecified atom stereocenters. The van der Waals surface area contributed by atoms with Crippen molar-refractivity contribution in [1.29, 1.82) is 0 Å². The molecule has 3 aliphatic heterocycles. The third kappa shape index (κ3) is 7.94. The van der Waals surface area contributed by atoms with Crippen LogP contribution >= 0.6 is 23.4 Å². The zero-order chi connectivity index (χ0) is 35.5. The van der Waals surface area contributed by atoms with Gasteiger partial charge in [0.1, 0.15) is 24.1 Å². The van der Waals surface area contributed by atoms with E-state index in [-0.39, 0.29) is 43.1 Å². The molecule has 3 aliphatic rings. The number of carbonyl (C=O) groups excluding carboxylic acids is 6. The zero-order valence-corrected chi connectivity index (χ0v) is 29.3. The van der Waals surface area contributed by atoms with Crippen LogP contribution in [0.2, 0.25) is 0 Å². The number of nitrogens with one attached hydrogen (secondary N) is 1. The highest BCUT2D eigenvalue weighted by atomic mass is 35.5. The first-order valence-electron chi connectivity index (χ1n) is 15.8. The predicted octanol–water partition coefficient (Wildman–Crippen LogP) is 3.89. The van der Waals surface area contributed by atoms with Gasteiger partial charge in [-0.15, -0.1) is 23.4 Å². The summed E-state index contributed by atoms with van der Waals surface area (Å²) in [6.07, 6.45) is -0.233. The standard InChI is InChI=1S/C35H39ClN4O8S/c1-35(2,3)20-38-14-15-39(31(44)30(38)43)34(46)37-27(22-8-6-5-7-9-22)26(41)16-25-29(42)40-28(23(17-36)19-49-32(25)40)33(45)48-18-21-10-12-24(47-4)13-11-21/h5-13,25,27,32H,14-20H2,1-4H3,(H,37,46)/t25-,27?,32-/m1/s1. The van der Waals surface area contributed by atoms with E-state index in [4.69, 9.17) is 21.1 Å². The van der Waals surface area contributed by atoms with Gasteiger partial charge < -0.3 is 19.7 Å². The average Bonchev–Trinajstić information content (AvgIpc) is 3.09. The lowest BCUT2D eigenvalue weighted by Crippen LogP contribution is -2.62. The molecule has 5 rings (SSSR count). The van der Waals surface area contributed by atoms with E-state index in [1.54, 1.807) is 61.7 Å². The number of ether oxygens (including phenoxy) is 2. The number of alkyl halides is 1. The third-order valence-electron chi connectivity index (χ3n) is 8.40. The fourth-order valence-electron chi connectivity index (χ4n) is 5.97. The van der Waals surface area contributed by atoms with Crippen molar-refractivity contribution in [2.75, 3.05) is 38.4 Å². The molecule has 3 heterocycles. The molecule has 14 heteroatoms. The fraction of sp³-hybridized carbons (Fsp3) is 0.429. The van der Waals surface area contributed by atoms with Crippen molar-refractivity contribution in [1.82, 2.24) is 20.0 Å². The van der Waals surface area contributed by atoms with Crippen molar-refractivity contribution >= 4 is 58.9 Å². The maximum atomic E-state index is 13.9. The van der Waals surface area contributed by atoms with E-state index in [1.807, 2.05) is 20.8 Å². The Hall–Kier alpha value is -4.36. The zero-order valence-electron chi connectivity index (χ0n) is 27.8. The topological polar surface area (TPSA) is 143 Å². The number of ketones is 1. The Kier molecular flexibility index (Phi) is 11.0. The minimum atomic E-state index is -1.19. The monoisotopic (exact) mass is 710 g/mol. The van der Waals surface area contributed by atoms with E-state index in [2.05, 4.69) is 5.32 Å². The number of imide groups is 1. The molecule has 0 radical (unpaired) electrons. The molecule has 0 aliphatic carbocycles. The highest BCUT2D eigenvalue weighted by molar-refractivity contribution is 8.00. The van der Waals surface area contributed by atoms with Crippen molar-refractivity contribution in [3.63, 3.8) is 0 Å². The van der Waals surface area contributed by atoms with Crippen LogP contribution in [0, 0.1) is 11.3 Å². The summed E-state index contributed by atoms with van der Waals surface area (Å²) in [5, 5.41) is 2.13. The summed E-state index contributed by atoms with van der Waals surface area (Å²) in [6, 6.07) is 13.4. The van der Waals surface area contributed by atoms with E-state index in [0.717, 1.165) is 10.5 Å². The molecule has 12 nitrogen and oxygen atoms in total. The van der Waals surface area contributed by atoms with Crippen LogP contribution in [-0.4, -0.2) is 94.0 Å². The van der Waals surface area contributed by atoms with Crippen molar-refractivity contribution in [2.24, 2.45) is 11.3 Å². The molecule has 2 aromatic carbocycles. The molecule has 3 atom stereocenters. The van der Waals surface area contributed by atoms with E-state index in [0.29, 0.717) is 29.2 Å². The number of rotatable bonds is 11. The number of piperazine rings is 1. The molecule has 0 bridgehead atoms. The van der Waals surface area contributed by atoms with Crippen LogP contribution in [0.3, 0.4) is 0 Å². The van der Waals surface area contributed by atoms with Gasteiger partial charge in [0.05, 0.1) is 18.4 Å². The van der Waals surface area contributed by atoms with E-state index < -0.39 is 52.8 Å². The van der Waals surface area contributed by atoms with Gasteiger partial charge in [0.25, 0.3) is 0 Å². The number of amides is 5. The Labute approximate surface area is 294 Å². The number of methoxy groups -OCH3 is 1. The van der Waals surface area contributed by atoms with Crippen LogP contribution in [0.25, 0.3) is 0 Å². The number of hydrogen-bond donors (Lipinski definition) is 1. The molecule has 2 fully saturated rings. The minimum Gasteiger partial charge on any atom is -0.497 e. The van der Waals surface area contributed by atoms with Crippen LogP contribution in [0.1, 0.15) is 44.4 Å². The van der Waals surface area contributed by atoms with Gasteiger partial charge >= 0.3 is 23.8 Å². The highest BCUT2D eigenvalue weighted by Gasteiger charge is 2.54. The Balaban J connectivity index is 1.27. The van der Waals surface area contributed by atoms with E-state index in [1.165, 1.54) is 21.6 Å². The highest BCUT2D eigenvalue weighted by Crippen LogP contribution is 2.46. The summed E-state index contributed by atoms with van der Waals surface area (Å²) in [7, 11) is 1.55. The molecule has 0 saturated carbocycles. The van der Waals surface area contributed by atoms with Crippen molar-refractivity contribution in [2.45, 2.75) is 45.2 Å². The molecule has 2 aromatic rings. The first kappa shape index (κ1) is 35.9. The lowest BCUT2D eigenvalue weighted by Gasteiger charge is -2.49. The first-order chi connectivity index (χ1) is 23.3. The molecule has 0 spiro atoms. The summed E-state index contributed by atoms with van der Waals surface area (Å²) in [5.74, 6) is -3.05. The SMILES string of the molecule is COc1ccc(COC(=O)C2=C(CCl)CS[C@@H]3[C@H](CC(=O)C(NC(=O)N4CCN(CC(C)(C)C)C(=O)C4=O)c4ccccc4)C(=O)N23)cc1. The van der Waals surface area contributed by atoms with Gasteiger partial charge in [-0.3, -0.25) is 29.0 Å². The summed E-state index contributed by atoms with van der Waals surface area (Å²) in [6.45, 7) is 6.32. The molecule has 2 saturated heterocycles. The second kappa shape index (κ2) is 15.0. The largest absolute Gasteiger partial charge is 0.497 e. The second-order valence-electron chi connectivity index (χ2n) is 13.2. The van der Waals surface area contributed by atoms with Gasteiger partial charge in [-0.25, -0.2) is 9.59 Å². The van der Waals surface area contributed by atoms with Crippen molar-refractivity contribution in [3.8, 4) is 5.75 Å². The number of carbonyl (C=O) groups is 6. The molecular formula is C35H39ClN4O8S. The van der Waals surface area contributed by atoms with Gasteiger partial charge in [0.15, 0.2) is 5.78 Å². The molecule has 1 N–H and O–H groups in total. The third-order valence-corrected chi connectivity index (χ3v) is 10.1. The van der Waals surface area contributed by atoms with Crippen LogP contribution in [0.4, 0.5) is 4.79 Å². The number of Topliss-reactive ketones (excluding diaryl/α,β-unsaturated/α-hetero) is 1. The van der Waals surface area contributed by atoms with Gasteiger partial charge in [0.2, 0.25) is 5.91 Å². The molecule has 5 amide bonds. The lowest BCUT2D eigenvalue weighted by atomic mass is 9.87. The van der Waals surface area contributed by atoms with Crippen LogP contribution in [0.15, 0.2) is 65.9 Å². The minimum absolute atomic E-state index is 0.0217. The van der Waals surface area contributed by atoms with Gasteiger partial charge in [0, 0.05) is 37.7 Å². The summed E-state index contributed by atoms with van der Waals surface area (Å²) >= 11 is 7.57. The van der Waals surface area contributed by atoms with Gasteiger partial charge in [-0.05, 0) is 34.2 Å². The predicted molar refractivity (Wildman–Crippen MR) is 182 cm³/mol. The number of benzene rings is 2. The van der Waals surface area contributed by atoms with Crippen molar-refractivity contribution in [3.05, 3.63) is 77.0 Å². The number of nitrogens with zero attached hydrogens (tertiary/aromatic N) is 3. The molecular weight excluding hydrogens is 672 g/mol. The Bertz CT molecular complexity index is 1660. The molecule has 0 aromatic heterocycles. The number of urea groups is 1. The Morgan fingerprint density at radius 2 is 1.69 bits per heavy atom. The average molecular weight is 711 g/mol. The maximum Gasteiger partial charge on any atom is 0.355 e. The number of fused-ring (bicyclic) bond motifs is 1. The smallest absolute Gasteiger partial charge is 0.355 e. The molecule has 260 valence electrons. The number of thioether (sulfide) groups is 1. The van der Waals surface area contributed by atoms with E-state index >= 15 is 0 Å². The molecule has 49 heavy (non-hydrogen) atoms. The number of hydrogen-bond acceptors (Lipinski definition) is 9. The van der Waals surface area contributed by atoms with Crippen LogP contribution < -0.4 is 10.1 Å². The summed E-state index contributed by atoms with van der Waals surface area (Å²) in [4.78, 5) is 83.5. The number of halogens is 1.